The number of rotatable bonds is 4. The third-order valence-corrected chi connectivity index (χ3v) is 2.20. The van der Waals surface area contributed by atoms with E-state index in [1.54, 1.807) is 0 Å². The molecule has 0 aromatic heterocycles. The minimum atomic E-state index is 0.665. The SMILES string of the molecule is CNCC[C@H](C)c1ccccc1. The Hall–Kier alpha value is -0.820. The van der Waals surface area contributed by atoms with Crippen LogP contribution in [0, 0.1) is 0 Å². The summed E-state index contributed by atoms with van der Waals surface area (Å²) in [5.74, 6) is 0.665. The van der Waals surface area contributed by atoms with E-state index in [4.69, 9.17) is 0 Å². The second-order valence-electron chi connectivity index (χ2n) is 3.20. The molecule has 0 fully saturated rings. The van der Waals surface area contributed by atoms with Crippen molar-refractivity contribution in [3.8, 4) is 0 Å². The fraction of sp³-hybridized carbons (Fsp3) is 0.455. The molecule has 66 valence electrons. The van der Waals surface area contributed by atoms with Gasteiger partial charge in [-0.3, -0.25) is 0 Å². The van der Waals surface area contributed by atoms with Crippen molar-refractivity contribution in [3.05, 3.63) is 35.9 Å². The molecule has 0 saturated heterocycles. The highest BCUT2D eigenvalue weighted by molar-refractivity contribution is 5.18. The van der Waals surface area contributed by atoms with Crippen LogP contribution < -0.4 is 5.32 Å². The van der Waals surface area contributed by atoms with Gasteiger partial charge < -0.3 is 5.32 Å². The molecule has 1 aromatic carbocycles. The molecule has 1 rings (SSSR count). The summed E-state index contributed by atoms with van der Waals surface area (Å²) in [6, 6.07) is 10.7. The second kappa shape index (κ2) is 4.94. The summed E-state index contributed by atoms with van der Waals surface area (Å²) in [6.45, 7) is 3.36. The normalized spacial score (nSPS) is 12.8. The minimum absolute atomic E-state index is 0.665. The molecule has 0 saturated carbocycles. The molecule has 0 aliphatic rings. The van der Waals surface area contributed by atoms with Crippen LogP contribution in [0.15, 0.2) is 30.3 Å². The first kappa shape index (κ1) is 9.27. The van der Waals surface area contributed by atoms with Gasteiger partial charge in [-0.05, 0) is 31.5 Å². The van der Waals surface area contributed by atoms with E-state index in [0.717, 1.165) is 6.54 Å². The van der Waals surface area contributed by atoms with E-state index < -0.39 is 0 Å². The highest BCUT2D eigenvalue weighted by Gasteiger charge is 2.02. The van der Waals surface area contributed by atoms with Crippen LogP contribution in [0.1, 0.15) is 24.8 Å². The van der Waals surface area contributed by atoms with Crippen LogP contribution in [0.5, 0.6) is 0 Å². The van der Waals surface area contributed by atoms with Crippen molar-refractivity contribution < 1.29 is 0 Å². The lowest BCUT2D eigenvalue weighted by atomic mass is 9.98. The molecule has 1 heteroatoms. The molecule has 0 unspecified atom stereocenters. The lowest BCUT2D eigenvalue weighted by molar-refractivity contribution is 0.636. The summed E-state index contributed by atoms with van der Waals surface area (Å²) in [6.07, 6.45) is 1.21. The molecule has 1 atom stereocenters. The van der Waals surface area contributed by atoms with Crippen molar-refractivity contribution in [3.63, 3.8) is 0 Å². The van der Waals surface area contributed by atoms with E-state index >= 15 is 0 Å². The molecule has 1 nitrogen and oxygen atoms in total. The molecular weight excluding hydrogens is 146 g/mol. The van der Waals surface area contributed by atoms with Crippen molar-refractivity contribution >= 4 is 0 Å². The molecule has 0 bridgehead atoms. The first-order chi connectivity index (χ1) is 5.84. The fourth-order valence-electron chi connectivity index (χ4n) is 1.31. The average molecular weight is 163 g/mol. The van der Waals surface area contributed by atoms with Crippen molar-refractivity contribution in [2.24, 2.45) is 0 Å². The van der Waals surface area contributed by atoms with Crippen molar-refractivity contribution in [2.45, 2.75) is 19.3 Å². The van der Waals surface area contributed by atoms with Crippen molar-refractivity contribution in [1.29, 1.82) is 0 Å². The molecule has 0 heterocycles. The first-order valence-corrected chi connectivity index (χ1v) is 4.54. The number of hydrogen-bond acceptors (Lipinski definition) is 1. The largest absolute Gasteiger partial charge is 0.320 e. The maximum Gasteiger partial charge on any atom is -0.00462 e. The molecule has 0 spiro atoms. The van der Waals surface area contributed by atoms with Crippen LogP contribution >= 0.6 is 0 Å². The predicted octanol–water partition coefficient (Wildman–Crippen LogP) is 2.40. The summed E-state index contributed by atoms with van der Waals surface area (Å²) in [7, 11) is 2.00. The number of hydrogen-bond donors (Lipinski definition) is 1. The summed E-state index contributed by atoms with van der Waals surface area (Å²) in [5.41, 5.74) is 1.44. The van der Waals surface area contributed by atoms with E-state index in [-0.39, 0.29) is 0 Å². The molecule has 0 amide bonds. The average Bonchev–Trinajstić information content (AvgIpc) is 2.15. The van der Waals surface area contributed by atoms with Gasteiger partial charge in [-0.2, -0.15) is 0 Å². The van der Waals surface area contributed by atoms with Gasteiger partial charge in [-0.15, -0.1) is 0 Å². The molecule has 1 aromatic rings. The van der Waals surface area contributed by atoms with Gasteiger partial charge in [-0.25, -0.2) is 0 Å². The second-order valence-corrected chi connectivity index (χ2v) is 3.20. The summed E-state index contributed by atoms with van der Waals surface area (Å²) >= 11 is 0. The fourth-order valence-corrected chi connectivity index (χ4v) is 1.31. The van der Waals surface area contributed by atoms with Crippen LogP contribution in [-0.4, -0.2) is 13.6 Å². The minimum Gasteiger partial charge on any atom is -0.320 e. The number of benzene rings is 1. The van der Waals surface area contributed by atoms with E-state index in [1.165, 1.54) is 12.0 Å². The quantitative estimate of drug-likeness (QED) is 0.718. The van der Waals surface area contributed by atoms with Crippen LogP contribution in [0.4, 0.5) is 0 Å². The Morgan fingerprint density at radius 2 is 1.92 bits per heavy atom. The van der Waals surface area contributed by atoms with Gasteiger partial charge in [0.1, 0.15) is 0 Å². The van der Waals surface area contributed by atoms with Crippen molar-refractivity contribution in [1.82, 2.24) is 5.32 Å². The molecule has 0 aliphatic heterocycles. The van der Waals surface area contributed by atoms with Gasteiger partial charge in [0.2, 0.25) is 0 Å². The highest BCUT2D eigenvalue weighted by Crippen LogP contribution is 2.17. The lowest BCUT2D eigenvalue weighted by Gasteiger charge is -2.10. The summed E-state index contributed by atoms with van der Waals surface area (Å²) in [4.78, 5) is 0. The highest BCUT2D eigenvalue weighted by atomic mass is 14.8. The topological polar surface area (TPSA) is 12.0 Å². The van der Waals surface area contributed by atoms with E-state index in [9.17, 15) is 0 Å². The molecule has 12 heavy (non-hydrogen) atoms. The number of nitrogens with one attached hydrogen (secondary N) is 1. The third kappa shape index (κ3) is 2.67. The summed E-state index contributed by atoms with van der Waals surface area (Å²) in [5, 5.41) is 3.17. The molecule has 0 radical (unpaired) electrons. The Morgan fingerprint density at radius 3 is 2.50 bits per heavy atom. The standard InChI is InChI=1S/C11H17N/c1-10(8-9-12-2)11-6-4-3-5-7-11/h3-7,10,12H,8-9H2,1-2H3/t10-/m0/s1. The van der Waals surface area contributed by atoms with Crippen LogP contribution in [0.25, 0.3) is 0 Å². The van der Waals surface area contributed by atoms with Gasteiger partial charge in [0, 0.05) is 0 Å². The molecular formula is C11H17N. The lowest BCUT2D eigenvalue weighted by Crippen LogP contribution is -2.10. The molecule has 1 N–H and O–H groups in total. The van der Waals surface area contributed by atoms with Gasteiger partial charge in [0.15, 0.2) is 0 Å². The molecule has 0 aliphatic carbocycles. The van der Waals surface area contributed by atoms with E-state index in [1.807, 2.05) is 7.05 Å². The third-order valence-electron chi connectivity index (χ3n) is 2.20. The van der Waals surface area contributed by atoms with Gasteiger partial charge >= 0.3 is 0 Å². The monoisotopic (exact) mass is 163 g/mol. The van der Waals surface area contributed by atoms with Crippen molar-refractivity contribution in [2.75, 3.05) is 13.6 Å². The van der Waals surface area contributed by atoms with Crippen LogP contribution in [0.2, 0.25) is 0 Å². The zero-order valence-corrected chi connectivity index (χ0v) is 7.88. The Bertz CT molecular complexity index is 206. The van der Waals surface area contributed by atoms with E-state index in [0.29, 0.717) is 5.92 Å². The maximum atomic E-state index is 3.17. The Balaban J connectivity index is 2.48. The van der Waals surface area contributed by atoms with E-state index in [2.05, 4.69) is 42.6 Å². The van der Waals surface area contributed by atoms with Gasteiger partial charge in [0.25, 0.3) is 0 Å². The predicted molar refractivity (Wildman–Crippen MR) is 53.4 cm³/mol. The zero-order chi connectivity index (χ0) is 8.81. The van der Waals surface area contributed by atoms with Crippen LogP contribution in [0.3, 0.4) is 0 Å². The maximum absolute atomic E-state index is 3.17. The Labute approximate surface area is 74.8 Å². The first-order valence-electron chi connectivity index (χ1n) is 4.54. The smallest absolute Gasteiger partial charge is 0.00462 e. The van der Waals surface area contributed by atoms with Crippen LogP contribution in [-0.2, 0) is 0 Å². The zero-order valence-electron chi connectivity index (χ0n) is 7.88. The van der Waals surface area contributed by atoms with Gasteiger partial charge in [0.05, 0.1) is 0 Å². The Morgan fingerprint density at radius 1 is 1.25 bits per heavy atom. The summed E-state index contributed by atoms with van der Waals surface area (Å²) < 4.78 is 0. The van der Waals surface area contributed by atoms with Gasteiger partial charge in [-0.1, -0.05) is 37.3 Å². The Kier molecular flexibility index (Phi) is 3.81.